The van der Waals surface area contributed by atoms with Gasteiger partial charge in [-0.2, -0.15) is 0 Å². The van der Waals surface area contributed by atoms with Crippen molar-refractivity contribution in [3.05, 3.63) is 58.5 Å². The van der Waals surface area contributed by atoms with Crippen LogP contribution >= 0.6 is 11.6 Å². The third kappa shape index (κ3) is 4.36. The molecule has 1 aromatic carbocycles. The molecule has 1 aliphatic heterocycles. The van der Waals surface area contributed by atoms with Crippen molar-refractivity contribution >= 4 is 35.0 Å². The highest BCUT2D eigenvalue weighted by Gasteiger charge is 2.43. The van der Waals surface area contributed by atoms with E-state index >= 15 is 0 Å². The number of carbonyl (C=O) groups excluding carboxylic acids is 1. The molecule has 10 heteroatoms. The fraction of sp³-hybridized carbons (Fsp3) is 0.240. The summed E-state index contributed by atoms with van der Waals surface area (Å²) in [5.74, 6) is 6.42. The maximum absolute atomic E-state index is 12.9. The number of methoxy groups -OCH3 is 1. The second-order valence-electron chi connectivity index (χ2n) is 8.36. The van der Waals surface area contributed by atoms with Gasteiger partial charge in [0.2, 0.25) is 0 Å². The van der Waals surface area contributed by atoms with Gasteiger partial charge in [-0.1, -0.05) is 29.5 Å². The first-order valence-electron chi connectivity index (χ1n) is 11.0. The van der Waals surface area contributed by atoms with Gasteiger partial charge < -0.3 is 30.8 Å². The van der Waals surface area contributed by atoms with Crippen LogP contribution in [0.3, 0.4) is 0 Å². The number of ether oxygens (including phenoxy) is 1. The fourth-order valence-corrected chi connectivity index (χ4v) is 4.42. The number of carboxylic acid groups (broad SMARTS) is 1. The van der Waals surface area contributed by atoms with Gasteiger partial charge in [0.25, 0.3) is 5.91 Å². The number of para-hydroxylation sites is 1. The van der Waals surface area contributed by atoms with E-state index in [0.717, 1.165) is 11.3 Å². The van der Waals surface area contributed by atoms with Crippen LogP contribution in [0.2, 0.25) is 5.02 Å². The molecule has 0 saturated heterocycles. The van der Waals surface area contributed by atoms with Crippen LogP contribution in [-0.2, 0) is 6.42 Å². The Labute approximate surface area is 206 Å². The van der Waals surface area contributed by atoms with E-state index in [9.17, 15) is 9.59 Å². The van der Waals surface area contributed by atoms with Crippen molar-refractivity contribution in [3.8, 4) is 28.8 Å². The zero-order valence-corrected chi connectivity index (χ0v) is 19.5. The first-order chi connectivity index (χ1) is 16.9. The lowest BCUT2D eigenvalue weighted by molar-refractivity contribution is 0.0946. The summed E-state index contributed by atoms with van der Waals surface area (Å²) in [6.07, 6.45) is 4.11. The average Bonchev–Trinajstić information content (AvgIpc) is 3.49. The minimum Gasteiger partial charge on any atom is -0.493 e. The van der Waals surface area contributed by atoms with E-state index in [2.05, 4.69) is 37.8 Å². The number of carbonyl (C=O) groups is 2. The van der Waals surface area contributed by atoms with Gasteiger partial charge in [0.1, 0.15) is 5.54 Å². The monoisotopic (exact) mass is 491 g/mol. The molecule has 2 aliphatic rings. The van der Waals surface area contributed by atoms with Crippen molar-refractivity contribution in [2.75, 3.05) is 19.0 Å². The minimum absolute atomic E-state index is 0.193. The lowest BCUT2D eigenvalue weighted by Gasteiger charge is -2.17. The van der Waals surface area contributed by atoms with E-state index in [-0.39, 0.29) is 5.91 Å². The Hall–Kier alpha value is -4.16. The molecule has 0 bridgehead atoms. The van der Waals surface area contributed by atoms with Crippen molar-refractivity contribution in [3.63, 3.8) is 0 Å². The zero-order chi connectivity index (χ0) is 24.6. The van der Waals surface area contributed by atoms with Crippen LogP contribution in [0, 0.1) is 11.8 Å². The van der Waals surface area contributed by atoms with Crippen molar-refractivity contribution in [2.24, 2.45) is 0 Å². The van der Waals surface area contributed by atoms with Crippen LogP contribution in [0.1, 0.15) is 34.5 Å². The van der Waals surface area contributed by atoms with E-state index < -0.39 is 11.6 Å². The number of fused-ring (bicyclic) bond motifs is 1. The smallest absolute Gasteiger partial charge is 0.405 e. The molecule has 35 heavy (non-hydrogen) atoms. The number of aromatic amines is 1. The highest BCUT2D eigenvalue weighted by Crippen LogP contribution is 2.41. The van der Waals surface area contributed by atoms with Crippen LogP contribution < -0.4 is 20.7 Å². The zero-order valence-electron chi connectivity index (χ0n) is 18.8. The third-order valence-corrected chi connectivity index (χ3v) is 6.32. The molecule has 0 atom stereocenters. The second-order valence-corrected chi connectivity index (χ2v) is 8.77. The summed E-state index contributed by atoms with van der Waals surface area (Å²) in [6.45, 7) is 0.526. The second kappa shape index (κ2) is 8.89. The van der Waals surface area contributed by atoms with Gasteiger partial charge in [-0.25, -0.2) is 4.79 Å². The molecule has 0 unspecified atom stereocenters. The van der Waals surface area contributed by atoms with Gasteiger partial charge >= 0.3 is 6.09 Å². The van der Waals surface area contributed by atoms with Gasteiger partial charge in [0.15, 0.2) is 5.75 Å². The third-order valence-electron chi connectivity index (χ3n) is 6.02. The summed E-state index contributed by atoms with van der Waals surface area (Å²) < 4.78 is 5.49. The molecule has 2 aromatic heterocycles. The van der Waals surface area contributed by atoms with Gasteiger partial charge in [0, 0.05) is 36.6 Å². The summed E-state index contributed by atoms with van der Waals surface area (Å²) in [5.41, 5.74) is 3.74. The number of benzene rings is 1. The van der Waals surface area contributed by atoms with Gasteiger partial charge in [-0.3, -0.25) is 9.78 Å². The quantitative estimate of drug-likeness (QED) is 0.344. The van der Waals surface area contributed by atoms with Crippen molar-refractivity contribution < 1.29 is 19.4 Å². The lowest BCUT2D eigenvalue weighted by atomic mass is 10.0. The minimum atomic E-state index is -1.10. The predicted octanol–water partition coefficient (Wildman–Crippen LogP) is 3.92. The van der Waals surface area contributed by atoms with Gasteiger partial charge in [-0.15, -0.1) is 0 Å². The summed E-state index contributed by atoms with van der Waals surface area (Å²) in [7, 11) is 1.53. The Kier molecular flexibility index (Phi) is 5.75. The van der Waals surface area contributed by atoms with E-state index in [1.54, 1.807) is 24.5 Å². The standard InChI is InChI=1S/C25H22ClN5O4/c1-35-22-16(26)3-2-4-18(22)30-21-19-17(7-12-28-23(19)32)29-20(21)15-6-11-27-13-14(15)5-8-25(9-10-25)31-24(33)34/h2-4,6,11,13,29-31H,7,9-10,12H2,1H3,(H,28,32)(H,33,34). The number of nitrogens with zero attached hydrogens (tertiary/aromatic N) is 1. The van der Waals surface area contributed by atoms with Crippen LogP contribution in [-0.4, -0.2) is 46.3 Å². The molecule has 178 valence electrons. The number of rotatable bonds is 5. The summed E-state index contributed by atoms with van der Waals surface area (Å²) in [6, 6.07) is 7.14. The Morgan fingerprint density at radius 3 is 2.89 bits per heavy atom. The summed E-state index contributed by atoms with van der Waals surface area (Å²) >= 11 is 6.32. The number of nitrogens with one attached hydrogen (secondary N) is 4. The molecule has 1 fully saturated rings. The number of H-pyrrole nitrogens is 1. The molecule has 0 spiro atoms. The Balaban J connectivity index is 1.63. The molecule has 0 radical (unpaired) electrons. The van der Waals surface area contributed by atoms with Crippen molar-refractivity contribution in [1.82, 2.24) is 20.6 Å². The fourth-order valence-electron chi connectivity index (χ4n) is 4.17. The first kappa shape index (κ1) is 22.6. The lowest BCUT2D eigenvalue weighted by Crippen LogP contribution is -2.34. The number of aromatic nitrogens is 2. The number of hydrogen-bond acceptors (Lipinski definition) is 5. The number of anilines is 2. The highest BCUT2D eigenvalue weighted by atomic mass is 35.5. The number of hydrogen-bond donors (Lipinski definition) is 5. The maximum Gasteiger partial charge on any atom is 0.405 e. The van der Waals surface area contributed by atoms with E-state index in [1.165, 1.54) is 7.11 Å². The van der Waals surface area contributed by atoms with Crippen LogP contribution in [0.4, 0.5) is 16.2 Å². The Bertz CT molecular complexity index is 1400. The average molecular weight is 492 g/mol. The molecule has 1 saturated carbocycles. The van der Waals surface area contributed by atoms with Gasteiger partial charge in [-0.05, 0) is 31.0 Å². The molecule has 2 amide bonds. The Morgan fingerprint density at radius 2 is 2.14 bits per heavy atom. The molecule has 5 N–H and O–H groups in total. The van der Waals surface area contributed by atoms with Crippen LogP contribution in [0.15, 0.2) is 36.7 Å². The van der Waals surface area contributed by atoms with E-state index in [1.807, 2.05) is 12.1 Å². The maximum atomic E-state index is 12.9. The first-order valence-corrected chi connectivity index (χ1v) is 11.4. The molecule has 3 aromatic rings. The highest BCUT2D eigenvalue weighted by molar-refractivity contribution is 6.32. The summed E-state index contributed by atoms with van der Waals surface area (Å²) in [4.78, 5) is 31.6. The molecule has 9 nitrogen and oxygen atoms in total. The number of halogens is 1. The van der Waals surface area contributed by atoms with Crippen molar-refractivity contribution in [1.29, 1.82) is 0 Å². The molecule has 1 aliphatic carbocycles. The van der Waals surface area contributed by atoms with Crippen molar-refractivity contribution in [2.45, 2.75) is 24.8 Å². The predicted molar refractivity (Wildman–Crippen MR) is 131 cm³/mol. The molecular weight excluding hydrogens is 470 g/mol. The number of pyridine rings is 1. The van der Waals surface area contributed by atoms with E-state index in [0.29, 0.717) is 64.8 Å². The largest absolute Gasteiger partial charge is 0.493 e. The Morgan fingerprint density at radius 1 is 1.31 bits per heavy atom. The topological polar surface area (TPSA) is 128 Å². The van der Waals surface area contributed by atoms with Crippen LogP contribution in [0.5, 0.6) is 5.75 Å². The molecular formula is C25H22ClN5O4. The SMILES string of the molecule is COc1c(Cl)cccc1Nc1c(-c2ccncc2C#CC2(NC(=O)O)CC2)[nH]c2c1C(=O)NCC2. The molecule has 5 rings (SSSR count). The molecule has 3 heterocycles. The summed E-state index contributed by atoms with van der Waals surface area (Å²) in [5, 5.41) is 18.3. The normalized spacial score (nSPS) is 15.2. The van der Waals surface area contributed by atoms with Gasteiger partial charge in [0.05, 0.1) is 40.3 Å². The van der Waals surface area contributed by atoms with E-state index in [4.69, 9.17) is 21.4 Å². The number of amides is 2. The van der Waals surface area contributed by atoms with Crippen LogP contribution in [0.25, 0.3) is 11.3 Å².